The second-order valence-electron chi connectivity index (χ2n) is 10.5. The number of carbonyl (C=O) groups is 1. The molecule has 2 fully saturated rings. The van der Waals surface area contributed by atoms with Crippen molar-refractivity contribution >= 4 is 11.9 Å². The SMILES string of the molecule is C[C@H](Oc1cc(OC2CCN(C(=O)OC(C)(C)C)C(CC#N)C2)nc(C(N)=NO)n1)[C@@H]1C[C@@H](F)CN1C. The molecule has 1 aromatic heterocycles. The molecule has 2 aliphatic heterocycles. The molecule has 204 valence electrons. The zero-order chi connectivity index (χ0) is 27.3. The van der Waals surface area contributed by atoms with Crippen LogP contribution in [-0.4, -0.2) is 93.1 Å². The van der Waals surface area contributed by atoms with Crippen LogP contribution in [0.4, 0.5) is 9.18 Å². The molecular weight excluding hydrogens is 485 g/mol. The van der Waals surface area contributed by atoms with E-state index in [1.807, 2.05) is 18.9 Å². The lowest BCUT2D eigenvalue weighted by Gasteiger charge is -2.38. The molecule has 3 N–H and O–H groups in total. The number of rotatable bonds is 7. The average molecular weight is 522 g/mol. The first kappa shape index (κ1) is 28.2. The number of hydrogen-bond acceptors (Lipinski definition) is 10. The zero-order valence-corrected chi connectivity index (χ0v) is 21.9. The van der Waals surface area contributed by atoms with Crippen LogP contribution in [0.15, 0.2) is 11.2 Å². The van der Waals surface area contributed by atoms with Gasteiger partial charge in [-0.1, -0.05) is 5.16 Å². The van der Waals surface area contributed by atoms with Gasteiger partial charge in [-0.2, -0.15) is 15.2 Å². The van der Waals surface area contributed by atoms with Crippen molar-refractivity contribution in [1.82, 2.24) is 19.8 Å². The summed E-state index contributed by atoms with van der Waals surface area (Å²) in [4.78, 5) is 24.6. The van der Waals surface area contributed by atoms with Crippen molar-refractivity contribution < 1.29 is 28.6 Å². The van der Waals surface area contributed by atoms with Crippen molar-refractivity contribution in [3.05, 3.63) is 11.9 Å². The van der Waals surface area contributed by atoms with Gasteiger partial charge in [0.25, 0.3) is 0 Å². The maximum absolute atomic E-state index is 13.9. The summed E-state index contributed by atoms with van der Waals surface area (Å²) in [6.45, 7) is 7.85. The molecule has 0 saturated carbocycles. The van der Waals surface area contributed by atoms with E-state index in [9.17, 15) is 14.4 Å². The number of carbonyl (C=O) groups excluding carboxylic acids is 1. The minimum absolute atomic E-state index is 0.0925. The third-order valence-corrected chi connectivity index (χ3v) is 6.32. The van der Waals surface area contributed by atoms with Crippen LogP contribution in [0.25, 0.3) is 0 Å². The number of likely N-dealkylation sites (tertiary alicyclic amines) is 2. The number of amidine groups is 1. The maximum Gasteiger partial charge on any atom is 0.410 e. The van der Waals surface area contributed by atoms with E-state index in [1.165, 1.54) is 6.07 Å². The Morgan fingerprint density at radius 2 is 2.08 bits per heavy atom. The number of nitrogens with two attached hydrogens (primary N) is 1. The predicted octanol–water partition coefficient (Wildman–Crippen LogP) is 2.44. The summed E-state index contributed by atoms with van der Waals surface area (Å²) in [6, 6.07) is 3.07. The Bertz CT molecular complexity index is 1030. The number of halogens is 1. The highest BCUT2D eigenvalue weighted by Crippen LogP contribution is 2.28. The number of alkyl halides is 1. The Hall–Kier alpha value is -3.40. The summed E-state index contributed by atoms with van der Waals surface area (Å²) in [5, 5.41) is 21.4. The van der Waals surface area contributed by atoms with Crippen LogP contribution in [0.2, 0.25) is 0 Å². The molecule has 3 rings (SSSR count). The average Bonchev–Trinajstić information content (AvgIpc) is 3.15. The summed E-state index contributed by atoms with van der Waals surface area (Å²) in [5.41, 5.74) is 5.08. The van der Waals surface area contributed by atoms with E-state index in [0.29, 0.717) is 32.4 Å². The standard InChI is InChI=1S/C24H36FN7O5/c1-14(18-10-15(25)13-31(18)5)35-19-12-20(29-22(28-19)21(27)30-34)36-17-7-9-32(16(11-17)6-8-26)23(33)37-24(2,3)4/h12,14-18,34H,6-7,9-11,13H2,1-5H3,(H2,27,30)/t14-,15+,16?,17?,18-/m0/s1. The molecule has 0 spiro atoms. The van der Waals surface area contributed by atoms with Gasteiger partial charge < -0.3 is 30.1 Å². The third kappa shape index (κ3) is 7.55. The molecule has 3 heterocycles. The van der Waals surface area contributed by atoms with Crippen LogP contribution in [0, 0.1) is 11.3 Å². The van der Waals surface area contributed by atoms with Crippen molar-refractivity contribution in [3.63, 3.8) is 0 Å². The molecule has 1 aromatic rings. The van der Waals surface area contributed by atoms with Crippen LogP contribution in [0.3, 0.4) is 0 Å². The molecule has 5 atom stereocenters. The van der Waals surface area contributed by atoms with Gasteiger partial charge in [-0.25, -0.2) is 9.18 Å². The van der Waals surface area contributed by atoms with Gasteiger partial charge in [-0.05, 0) is 41.2 Å². The highest BCUT2D eigenvalue weighted by atomic mass is 19.1. The number of amides is 1. The number of nitrogens with zero attached hydrogens (tertiary/aromatic N) is 6. The molecule has 2 aliphatic rings. The van der Waals surface area contributed by atoms with Crippen LogP contribution >= 0.6 is 0 Å². The Morgan fingerprint density at radius 3 is 2.68 bits per heavy atom. The highest BCUT2D eigenvalue weighted by Gasteiger charge is 2.36. The molecule has 0 radical (unpaired) electrons. The van der Waals surface area contributed by atoms with Crippen LogP contribution in [-0.2, 0) is 4.74 Å². The van der Waals surface area contributed by atoms with E-state index >= 15 is 0 Å². The smallest absolute Gasteiger partial charge is 0.410 e. The van der Waals surface area contributed by atoms with Gasteiger partial charge in [0.2, 0.25) is 23.4 Å². The lowest BCUT2D eigenvalue weighted by Crippen LogP contribution is -2.50. The third-order valence-electron chi connectivity index (χ3n) is 6.32. The van der Waals surface area contributed by atoms with Crippen molar-refractivity contribution in [2.75, 3.05) is 20.1 Å². The summed E-state index contributed by atoms with van der Waals surface area (Å²) in [7, 11) is 1.84. The summed E-state index contributed by atoms with van der Waals surface area (Å²) >= 11 is 0. The summed E-state index contributed by atoms with van der Waals surface area (Å²) < 4.78 is 31.4. The van der Waals surface area contributed by atoms with E-state index in [-0.39, 0.29) is 42.0 Å². The Balaban J connectivity index is 1.75. The molecule has 2 unspecified atom stereocenters. The lowest BCUT2D eigenvalue weighted by atomic mass is 9.97. The Labute approximate surface area is 216 Å². The number of hydrogen-bond donors (Lipinski definition) is 2. The molecule has 13 heteroatoms. The molecule has 2 saturated heterocycles. The zero-order valence-electron chi connectivity index (χ0n) is 21.9. The number of piperidine rings is 1. The monoisotopic (exact) mass is 521 g/mol. The van der Waals surface area contributed by atoms with E-state index in [1.54, 1.807) is 25.7 Å². The van der Waals surface area contributed by atoms with E-state index in [4.69, 9.17) is 25.2 Å². The Kier molecular flexibility index (Phi) is 8.96. The van der Waals surface area contributed by atoms with E-state index < -0.39 is 30.0 Å². The number of ether oxygens (including phenoxy) is 3. The molecule has 12 nitrogen and oxygen atoms in total. The number of nitriles is 1. The van der Waals surface area contributed by atoms with E-state index in [0.717, 1.165) is 0 Å². The lowest BCUT2D eigenvalue weighted by molar-refractivity contribution is -0.00383. The topological polar surface area (TPSA) is 159 Å². The van der Waals surface area contributed by atoms with Gasteiger partial charge in [0, 0.05) is 32.0 Å². The number of oxime groups is 1. The van der Waals surface area contributed by atoms with Gasteiger partial charge in [0.05, 0.1) is 24.6 Å². The van der Waals surface area contributed by atoms with Crippen molar-refractivity contribution in [1.29, 1.82) is 5.26 Å². The van der Waals surface area contributed by atoms with Crippen LogP contribution in [0.5, 0.6) is 11.8 Å². The second kappa shape index (κ2) is 11.8. The van der Waals surface area contributed by atoms with Gasteiger partial charge >= 0.3 is 6.09 Å². The normalized spacial score (nSPS) is 25.9. The molecular formula is C24H36FN7O5. The highest BCUT2D eigenvalue weighted by molar-refractivity contribution is 5.93. The summed E-state index contributed by atoms with van der Waals surface area (Å²) in [6.07, 6.45) is -0.847. The first-order valence-electron chi connectivity index (χ1n) is 12.3. The molecule has 0 aliphatic carbocycles. The van der Waals surface area contributed by atoms with Crippen molar-refractivity contribution in [3.8, 4) is 17.8 Å². The molecule has 37 heavy (non-hydrogen) atoms. The van der Waals surface area contributed by atoms with Gasteiger partial charge in [0.1, 0.15) is 24.0 Å². The van der Waals surface area contributed by atoms with Crippen molar-refractivity contribution in [2.45, 2.75) is 89.4 Å². The van der Waals surface area contributed by atoms with Crippen molar-refractivity contribution in [2.24, 2.45) is 10.9 Å². The second-order valence-corrected chi connectivity index (χ2v) is 10.5. The van der Waals surface area contributed by atoms with Crippen LogP contribution in [0.1, 0.15) is 59.2 Å². The Morgan fingerprint density at radius 1 is 1.38 bits per heavy atom. The van der Waals surface area contributed by atoms with E-state index in [2.05, 4.69) is 21.2 Å². The van der Waals surface area contributed by atoms with Crippen LogP contribution < -0.4 is 15.2 Å². The number of aromatic nitrogens is 2. The number of likely N-dealkylation sites (N-methyl/N-ethyl adjacent to an activating group) is 1. The predicted molar refractivity (Wildman–Crippen MR) is 131 cm³/mol. The first-order valence-corrected chi connectivity index (χ1v) is 12.3. The fourth-order valence-electron chi connectivity index (χ4n) is 4.62. The quantitative estimate of drug-likeness (QED) is 0.236. The molecule has 0 bridgehead atoms. The summed E-state index contributed by atoms with van der Waals surface area (Å²) in [5.74, 6) is -0.153. The fraction of sp³-hybridized carbons (Fsp3) is 0.708. The van der Waals surface area contributed by atoms with Gasteiger partial charge in [0.15, 0.2) is 0 Å². The van der Waals surface area contributed by atoms with Gasteiger partial charge in [-0.3, -0.25) is 4.90 Å². The minimum atomic E-state index is -0.925. The largest absolute Gasteiger partial charge is 0.474 e. The molecule has 1 amide bonds. The fourth-order valence-corrected chi connectivity index (χ4v) is 4.62. The molecule has 0 aromatic carbocycles. The minimum Gasteiger partial charge on any atom is -0.474 e. The first-order chi connectivity index (χ1) is 17.4. The van der Waals surface area contributed by atoms with Gasteiger partial charge in [-0.15, -0.1) is 0 Å². The maximum atomic E-state index is 13.9.